The van der Waals surface area contributed by atoms with Gasteiger partial charge in [0.15, 0.2) is 0 Å². The molecule has 0 heterocycles. The minimum Gasteiger partial charge on any atom is -0.508 e. The fourth-order valence-corrected chi connectivity index (χ4v) is 10.3. The number of nitrogens with one attached hydrogen (secondary N) is 1. The van der Waals surface area contributed by atoms with Crippen molar-refractivity contribution in [1.82, 2.24) is 5.32 Å². The van der Waals surface area contributed by atoms with Crippen LogP contribution in [0.25, 0.3) is 0 Å². The summed E-state index contributed by atoms with van der Waals surface area (Å²) >= 11 is 0. The van der Waals surface area contributed by atoms with Crippen LogP contribution in [0.5, 0.6) is 5.75 Å². The van der Waals surface area contributed by atoms with E-state index in [0.29, 0.717) is 12.8 Å². The molecule has 230 valence electrons. The molecule has 0 spiro atoms. The van der Waals surface area contributed by atoms with Crippen molar-refractivity contribution in [2.45, 2.75) is 122 Å². The van der Waals surface area contributed by atoms with Gasteiger partial charge in [-0.25, -0.2) is 0 Å². The van der Waals surface area contributed by atoms with Gasteiger partial charge in [0.1, 0.15) is 11.5 Å². The van der Waals surface area contributed by atoms with Crippen LogP contribution < -0.4 is 5.32 Å². The third-order valence-corrected chi connectivity index (χ3v) is 12.8. The number of phenolic OH excluding ortho intramolecular Hbond substituents is 1. The molecular weight excluding hydrogens is 534 g/mol. The van der Waals surface area contributed by atoms with Crippen molar-refractivity contribution in [3.8, 4) is 5.75 Å². The fraction of sp³-hybridized carbons (Fsp3) is 0.605. The second kappa shape index (κ2) is 10.6. The molecule has 2 saturated carbocycles. The van der Waals surface area contributed by atoms with Crippen molar-refractivity contribution in [1.29, 1.82) is 0 Å². The molecular formula is C38H49NO4. The summed E-state index contributed by atoms with van der Waals surface area (Å²) in [5.41, 5.74) is 4.46. The Kier molecular flexibility index (Phi) is 7.41. The third kappa shape index (κ3) is 4.68. The lowest BCUT2D eigenvalue weighted by Gasteiger charge is -2.56. The number of Topliss-reactive ketones (excluding diaryl/α,β-unsaturated/α-hetero) is 1. The van der Waals surface area contributed by atoms with Gasteiger partial charge in [0.05, 0.1) is 10.8 Å². The molecule has 2 aromatic rings. The van der Waals surface area contributed by atoms with Crippen LogP contribution in [0.3, 0.4) is 0 Å². The van der Waals surface area contributed by atoms with E-state index in [2.05, 4.69) is 51.2 Å². The number of rotatable bonds is 5. The van der Waals surface area contributed by atoms with E-state index in [0.717, 1.165) is 69.8 Å². The van der Waals surface area contributed by atoms with Gasteiger partial charge in [0.2, 0.25) is 11.8 Å². The molecule has 6 rings (SSSR count). The number of aryl methyl sites for hydroxylation is 2. The summed E-state index contributed by atoms with van der Waals surface area (Å²) in [5.74, 6) is 0.512. The lowest BCUT2D eigenvalue weighted by atomic mass is 9.49. The third-order valence-electron chi connectivity index (χ3n) is 12.8. The first-order valence-corrected chi connectivity index (χ1v) is 16.7. The molecule has 0 bridgehead atoms. The summed E-state index contributed by atoms with van der Waals surface area (Å²) in [5, 5.41) is 13.4. The number of phenols is 1. The Morgan fingerprint density at radius 3 is 1.81 bits per heavy atom. The van der Waals surface area contributed by atoms with Gasteiger partial charge >= 0.3 is 0 Å². The lowest BCUT2D eigenvalue weighted by Crippen LogP contribution is -2.60. The van der Waals surface area contributed by atoms with E-state index in [1.807, 2.05) is 19.1 Å². The Hall–Kier alpha value is -2.95. The Balaban J connectivity index is 1.26. The summed E-state index contributed by atoms with van der Waals surface area (Å²) < 4.78 is 0. The quantitative estimate of drug-likeness (QED) is 0.363. The first kappa shape index (κ1) is 30.1. The zero-order chi connectivity index (χ0) is 30.8. The largest absolute Gasteiger partial charge is 0.508 e. The number of benzene rings is 2. The van der Waals surface area contributed by atoms with Crippen molar-refractivity contribution in [3.05, 3.63) is 64.2 Å². The number of hydrogen-bond donors (Lipinski definition) is 2. The number of ketones is 1. The lowest BCUT2D eigenvalue weighted by molar-refractivity contribution is -0.150. The number of aromatic hydroxyl groups is 1. The van der Waals surface area contributed by atoms with Gasteiger partial charge in [-0.15, -0.1) is 0 Å². The summed E-state index contributed by atoms with van der Waals surface area (Å²) in [7, 11) is 0. The van der Waals surface area contributed by atoms with Gasteiger partial charge in [-0.05, 0) is 114 Å². The van der Waals surface area contributed by atoms with E-state index in [-0.39, 0.29) is 46.0 Å². The molecule has 0 aliphatic heterocycles. The molecule has 5 nitrogen and oxygen atoms in total. The van der Waals surface area contributed by atoms with Crippen LogP contribution in [-0.4, -0.2) is 22.7 Å². The van der Waals surface area contributed by atoms with Gasteiger partial charge in [-0.2, -0.15) is 0 Å². The molecule has 4 aliphatic rings. The van der Waals surface area contributed by atoms with Gasteiger partial charge < -0.3 is 5.11 Å². The molecule has 2 aromatic carbocycles. The normalized spacial score (nSPS) is 34.6. The van der Waals surface area contributed by atoms with E-state index >= 15 is 0 Å². The van der Waals surface area contributed by atoms with E-state index in [4.69, 9.17) is 0 Å². The summed E-state index contributed by atoms with van der Waals surface area (Å²) in [4.78, 5) is 40.9. The van der Waals surface area contributed by atoms with Crippen molar-refractivity contribution in [3.63, 3.8) is 0 Å². The molecule has 4 aliphatic carbocycles. The molecule has 2 N–H and O–H groups in total. The van der Waals surface area contributed by atoms with Crippen molar-refractivity contribution in [2.24, 2.45) is 22.7 Å². The predicted molar refractivity (Wildman–Crippen MR) is 169 cm³/mol. The highest BCUT2D eigenvalue weighted by molar-refractivity contribution is 6.01. The Morgan fingerprint density at radius 1 is 0.767 bits per heavy atom. The van der Waals surface area contributed by atoms with Crippen molar-refractivity contribution >= 4 is 17.6 Å². The monoisotopic (exact) mass is 583 g/mol. The first-order valence-electron chi connectivity index (χ1n) is 16.7. The topological polar surface area (TPSA) is 83.5 Å². The molecule has 0 aromatic heterocycles. The average Bonchev–Trinajstić information content (AvgIpc) is 2.97. The van der Waals surface area contributed by atoms with E-state index in [1.54, 1.807) is 6.07 Å². The van der Waals surface area contributed by atoms with Gasteiger partial charge in [0, 0.05) is 12.8 Å². The Labute approximate surface area is 257 Å². The van der Waals surface area contributed by atoms with Crippen LogP contribution in [0.1, 0.15) is 120 Å². The number of carbonyl (C=O) groups excluding carboxylic acids is 3. The fourth-order valence-electron chi connectivity index (χ4n) is 10.3. The highest BCUT2D eigenvalue weighted by Crippen LogP contribution is 2.59. The van der Waals surface area contributed by atoms with Crippen LogP contribution in [0.2, 0.25) is 0 Å². The smallest absolute Gasteiger partial charge is 0.232 e. The molecule has 2 amide bonds. The number of fused-ring (bicyclic) bond motifs is 6. The van der Waals surface area contributed by atoms with Crippen molar-refractivity contribution < 1.29 is 19.5 Å². The maximum absolute atomic E-state index is 14.3. The highest BCUT2D eigenvalue weighted by atomic mass is 16.3. The van der Waals surface area contributed by atoms with Gasteiger partial charge in [0.25, 0.3) is 0 Å². The van der Waals surface area contributed by atoms with Crippen LogP contribution in [0.4, 0.5) is 0 Å². The summed E-state index contributed by atoms with van der Waals surface area (Å²) in [6, 6.07) is 12.3. The number of imide groups is 1. The van der Waals surface area contributed by atoms with Crippen LogP contribution in [0.15, 0.2) is 36.4 Å². The average molecular weight is 584 g/mol. The number of hydrogen-bond acceptors (Lipinski definition) is 4. The zero-order valence-corrected chi connectivity index (χ0v) is 26.8. The maximum atomic E-state index is 14.3. The van der Waals surface area contributed by atoms with Crippen molar-refractivity contribution in [2.75, 3.05) is 0 Å². The summed E-state index contributed by atoms with van der Waals surface area (Å²) in [6.45, 7) is 10.7. The second-order valence-corrected chi connectivity index (χ2v) is 15.2. The zero-order valence-electron chi connectivity index (χ0n) is 26.8. The van der Waals surface area contributed by atoms with Crippen LogP contribution >= 0.6 is 0 Å². The van der Waals surface area contributed by atoms with Crippen LogP contribution in [0, 0.1) is 22.7 Å². The second-order valence-electron chi connectivity index (χ2n) is 15.2. The standard InChI is InChI=1S/C38H49NO4/c1-6-27(40)21-24-9-10-25-12-15-31-35(2,29(25)22-24)17-7-19-37(31,4)33(42)39-34(43)38(5)20-8-18-36(3)30-23-28(41)14-11-26(30)13-16-32(36)38/h9-11,14,22-23,31-32,41H,6-8,12-13,15-21H2,1-5H3,(H,39,42,43)/t31-,32-,35-,36-,37+,38+/m1/s1. The number of carbonyl (C=O) groups is 3. The van der Waals surface area contributed by atoms with E-state index in [1.165, 1.54) is 22.3 Å². The maximum Gasteiger partial charge on any atom is 0.232 e. The molecule has 0 unspecified atom stereocenters. The van der Waals surface area contributed by atoms with Crippen LogP contribution in [-0.2, 0) is 44.5 Å². The first-order chi connectivity index (χ1) is 20.3. The minimum atomic E-state index is -0.653. The number of amides is 2. The van der Waals surface area contributed by atoms with Gasteiger partial charge in [-0.1, -0.05) is 71.7 Å². The van der Waals surface area contributed by atoms with E-state index in [9.17, 15) is 19.5 Å². The molecule has 2 fully saturated rings. The SMILES string of the molecule is CCC(=O)Cc1ccc2c(c1)[C@@]1(C)CCC[C@](C)(C(=O)NC(=O)[C@@]3(C)CCC[C@]4(C)c5cc(O)ccc5CC[C@@H]34)[C@@H]1CC2. The Bertz CT molecular complexity index is 1480. The predicted octanol–water partition coefficient (Wildman–Crippen LogP) is 7.28. The molecule has 43 heavy (non-hydrogen) atoms. The highest BCUT2D eigenvalue weighted by Gasteiger charge is 2.58. The molecule has 0 saturated heterocycles. The van der Waals surface area contributed by atoms with Gasteiger partial charge in [-0.3, -0.25) is 19.7 Å². The van der Waals surface area contributed by atoms with E-state index < -0.39 is 10.8 Å². The minimum absolute atomic E-state index is 0.103. The molecule has 0 radical (unpaired) electrons. The molecule has 6 atom stereocenters. The molecule has 5 heteroatoms. The Morgan fingerprint density at radius 2 is 1.28 bits per heavy atom. The summed E-state index contributed by atoms with van der Waals surface area (Å²) in [6.07, 6.45) is 10.0.